The Balaban J connectivity index is 2.11. The summed E-state index contributed by atoms with van der Waals surface area (Å²) < 4.78 is 33.2. The number of phenolic OH excluding ortho intramolecular Hbond substituents is 1. The third-order valence-electron chi connectivity index (χ3n) is 5.15. The third-order valence-corrected chi connectivity index (χ3v) is 6.18. The lowest BCUT2D eigenvalue weighted by Crippen LogP contribution is -2.09. The maximum absolute atomic E-state index is 11.8. The van der Waals surface area contributed by atoms with Gasteiger partial charge in [0.1, 0.15) is 10.6 Å². The standard InChI is InChI=1S/C23H24O4S/c1-16-13-14-20(22(24)23(16)28(25,26)27)21(19-11-7-4-8-12-19)15-17(2)18-9-5-3-6-10-18/h3-14,17,21,24H,15H2,1-2H3,(H,25,26,27). The van der Waals surface area contributed by atoms with Gasteiger partial charge in [-0.2, -0.15) is 8.42 Å². The Kier molecular flexibility index (Phi) is 5.87. The van der Waals surface area contributed by atoms with Crippen LogP contribution in [-0.2, 0) is 10.1 Å². The molecule has 146 valence electrons. The molecule has 4 nitrogen and oxygen atoms in total. The molecule has 0 saturated heterocycles. The van der Waals surface area contributed by atoms with Crippen LogP contribution in [0.2, 0.25) is 0 Å². The monoisotopic (exact) mass is 396 g/mol. The molecule has 0 aliphatic carbocycles. The van der Waals surface area contributed by atoms with Crippen molar-refractivity contribution in [1.82, 2.24) is 0 Å². The normalized spacial score (nSPS) is 13.8. The Labute approximate surface area is 166 Å². The van der Waals surface area contributed by atoms with Crippen molar-refractivity contribution in [2.24, 2.45) is 0 Å². The lowest BCUT2D eigenvalue weighted by Gasteiger charge is -2.24. The molecule has 0 heterocycles. The third kappa shape index (κ3) is 4.26. The molecule has 0 saturated carbocycles. The van der Waals surface area contributed by atoms with Crippen molar-refractivity contribution in [1.29, 1.82) is 0 Å². The van der Waals surface area contributed by atoms with Gasteiger partial charge in [-0.15, -0.1) is 0 Å². The van der Waals surface area contributed by atoms with E-state index in [-0.39, 0.29) is 17.6 Å². The van der Waals surface area contributed by atoms with Gasteiger partial charge in [0.2, 0.25) is 0 Å². The molecule has 0 aliphatic rings. The molecule has 28 heavy (non-hydrogen) atoms. The van der Waals surface area contributed by atoms with Crippen LogP contribution in [0.4, 0.5) is 0 Å². The Morgan fingerprint density at radius 1 is 0.857 bits per heavy atom. The average Bonchev–Trinajstić information content (AvgIpc) is 2.67. The van der Waals surface area contributed by atoms with Gasteiger partial charge in [-0.3, -0.25) is 4.55 Å². The zero-order valence-corrected chi connectivity index (χ0v) is 16.7. The lowest BCUT2D eigenvalue weighted by molar-refractivity contribution is 0.431. The van der Waals surface area contributed by atoms with E-state index in [1.54, 1.807) is 19.1 Å². The largest absolute Gasteiger partial charge is 0.506 e. The number of phenols is 1. The number of benzene rings is 3. The summed E-state index contributed by atoms with van der Waals surface area (Å²) in [7, 11) is -4.53. The van der Waals surface area contributed by atoms with Crippen LogP contribution in [0.5, 0.6) is 5.75 Å². The number of hydrogen-bond acceptors (Lipinski definition) is 3. The molecule has 0 aliphatic heterocycles. The molecule has 3 rings (SSSR count). The van der Waals surface area contributed by atoms with Gasteiger partial charge >= 0.3 is 0 Å². The summed E-state index contributed by atoms with van der Waals surface area (Å²) in [5.41, 5.74) is 2.95. The van der Waals surface area contributed by atoms with Gasteiger partial charge in [-0.05, 0) is 36.0 Å². The highest BCUT2D eigenvalue weighted by molar-refractivity contribution is 7.86. The Morgan fingerprint density at radius 3 is 1.93 bits per heavy atom. The van der Waals surface area contributed by atoms with E-state index in [2.05, 4.69) is 19.1 Å². The molecule has 0 radical (unpaired) electrons. The predicted molar refractivity (Wildman–Crippen MR) is 110 cm³/mol. The molecule has 3 aromatic rings. The molecular weight excluding hydrogens is 372 g/mol. The fourth-order valence-electron chi connectivity index (χ4n) is 3.69. The van der Waals surface area contributed by atoms with E-state index in [0.717, 1.165) is 5.56 Å². The van der Waals surface area contributed by atoms with Crippen LogP contribution < -0.4 is 0 Å². The summed E-state index contributed by atoms with van der Waals surface area (Å²) in [6.07, 6.45) is 0.676. The number of aromatic hydroxyl groups is 1. The van der Waals surface area contributed by atoms with E-state index in [1.165, 1.54) is 5.56 Å². The van der Waals surface area contributed by atoms with Gasteiger partial charge in [0.15, 0.2) is 0 Å². The lowest BCUT2D eigenvalue weighted by atomic mass is 9.81. The summed E-state index contributed by atoms with van der Waals surface area (Å²) in [6.45, 7) is 3.66. The zero-order valence-electron chi connectivity index (χ0n) is 15.9. The predicted octanol–water partition coefficient (Wildman–Crippen LogP) is 5.27. The molecule has 5 heteroatoms. The highest BCUT2D eigenvalue weighted by atomic mass is 32.2. The SMILES string of the molecule is Cc1ccc(C(CC(C)c2ccccc2)c2ccccc2)c(O)c1S(=O)(=O)O. The van der Waals surface area contributed by atoms with Crippen molar-refractivity contribution in [3.63, 3.8) is 0 Å². The molecule has 0 spiro atoms. The quantitative estimate of drug-likeness (QED) is 0.557. The Morgan fingerprint density at radius 2 is 1.39 bits per heavy atom. The van der Waals surface area contributed by atoms with Crippen molar-refractivity contribution in [3.05, 3.63) is 95.1 Å². The van der Waals surface area contributed by atoms with Gasteiger partial charge in [-0.1, -0.05) is 79.7 Å². The highest BCUT2D eigenvalue weighted by Crippen LogP contribution is 2.41. The minimum Gasteiger partial charge on any atom is -0.506 e. The smallest absolute Gasteiger partial charge is 0.298 e. The van der Waals surface area contributed by atoms with Crippen LogP contribution in [0.1, 0.15) is 47.4 Å². The van der Waals surface area contributed by atoms with Crippen LogP contribution in [0.15, 0.2) is 77.7 Å². The van der Waals surface area contributed by atoms with E-state index in [1.807, 2.05) is 48.5 Å². The number of hydrogen-bond donors (Lipinski definition) is 2. The first-order chi connectivity index (χ1) is 13.3. The summed E-state index contributed by atoms with van der Waals surface area (Å²) in [4.78, 5) is -0.418. The van der Waals surface area contributed by atoms with Crippen molar-refractivity contribution >= 4 is 10.1 Å². The zero-order chi connectivity index (χ0) is 20.3. The molecule has 0 amide bonds. The molecule has 0 bridgehead atoms. The summed E-state index contributed by atoms with van der Waals surface area (Å²) >= 11 is 0. The van der Waals surface area contributed by atoms with Crippen LogP contribution in [0.25, 0.3) is 0 Å². The van der Waals surface area contributed by atoms with Crippen LogP contribution in [0, 0.1) is 6.92 Å². The molecule has 2 N–H and O–H groups in total. The van der Waals surface area contributed by atoms with Gasteiger partial charge in [0.05, 0.1) is 0 Å². The van der Waals surface area contributed by atoms with Crippen LogP contribution in [-0.4, -0.2) is 18.1 Å². The van der Waals surface area contributed by atoms with Gasteiger partial charge in [0.25, 0.3) is 10.1 Å². The van der Waals surface area contributed by atoms with E-state index >= 15 is 0 Å². The van der Waals surface area contributed by atoms with Crippen LogP contribution >= 0.6 is 0 Å². The second-order valence-corrected chi connectivity index (χ2v) is 8.49. The van der Waals surface area contributed by atoms with Gasteiger partial charge in [0, 0.05) is 11.5 Å². The summed E-state index contributed by atoms with van der Waals surface area (Å²) in [5, 5.41) is 10.8. The minimum absolute atomic E-state index is 0.182. The van der Waals surface area contributed by atoms with E-state index < -0.39 is 15.0 Å². The van der Waals surface area contributed by atoms with Crippen molar-refractivity contribution in [3.8, 4) is 5.75 Å². The summed E-state index contributed by atoms with van der Waals surface area (Å²) in [6, 6.07) is 23.1. The van der Waals surface area contributed by atoms with E-state index in [4.69, 9.17) is 0 Å². The van der Waals surface area contributed by atoms with Crippen LogP contribution in [0.3, 0.4) is 0 Å². The fraction of sp³-hybridized carbons (Fsp3) is 0.217. The second kappa shape index (κ2) is 8.17. The van der Waals surface area contributed by atoms with Crippen molar-refractivity contribution in [2.75, 3.05) is 0 Å². The molecule has 0 aromatic heterocycles. The van der Waals surface area contributed by atoms with E-state index in [0.29, 0.717) is 17.5 Å². The first-order valence-corrected chi connectivity index (χ1v) is 10.6. The summed E-state index contributed by atoms with van der Waals surface area (Å²) in [5.74, 6) is -0.421. The Hall–Kier alpha value is -2.63. The number of rotatable bonds is 6. The topological polar surface area (TPSA) is 74.6 Å². The van der Waals surface area contributed by atoms with E-state index in [9.17, 15) is 18.1 Å². The van der Waals surface area contributed by atoms with Gasteiger partial charge in [-0.25, -0.2) is 0 Å². The molecule has 2 atom stereocenters. The van der Waals surface area contributed by atoms with Crippen molar-refractivity contribution in [2.45, 2.75) is 37.0 Å². The highest BCUT2D eigenvalue weighted by Gasteiger charge is 2.27. The maximum Gasteiger partial charge on any atom is 0.298 e. The van der Waals surface area contributed by atoms with Crippen molar-refractivity contribution < 1.29 is 18.1 Å². The average molecular weight is 397 g/mol. The first kappa shape index (κ1) is 20.1. The first-order valence-electron chi connectivity index (χ1n) is 9.19. The second-order valence-electron chi connectivity index (χ2n) is 7.14. The molecule has 2 unspecified atom stereocenters. The Bertz CT molecular complexity index is 1040. The maximum atomic E-state index is 11.8. The molecule has 3 aromatic carbocycles. The molecule has 0 fully saturated rings. The number of aryl methyl sites for hydroxylation is 1. The fourth-order valence-corrected chi connectivity index (χ4v) is 4.53. The minimum atomic E-state index is -4.53. The van der Waals surface area contributed by atoms with Gasteiger partial charge < -0.3 is 5.11 Å². The molecular formula is C23H24O4S.